The molecular formula is C8H6N6O. The van der Waals surface area contributed by atoms with Gasteiger partial charge in [-0.05, 0) is 6.07 Å². The number of nitrogens with one attached hydrogen (secondary N) is 2. The van der Waals surface area contributed by atoms with Gasteiger partial charge in [0.05, 0.1) is 17.2 Å². The van der Waals surface area contributed by atoms with Crippen molar-refractivity contribution in [2.45, 2.75) is 0 Å². The molecule has 0 amide bonds. The fourth-order valence-corrected chi connectivity index (χ4v) is 1.44. The molecule has 3 rings (SSSR count). The van der Waals surface area contributed by atoms with Crippen molar-refractivity contribution in [3.05, 3.63) is 22.7 Å². The maximum absolute atomic E-state index is 11.5. The number of hydrogen-bond acceptors (Lipinski definition) is 5. The topological polar surface area (TPSA) is 113 Å². The molecule has 3 aromatic heterocycles. The smallest absolute Gasteiger partial charge is 0.261 e. The number of imidazole rings is 1. The van der Waals surface area contributed by atoms with Crippen molar-refractivity contribution < 1.29 is 0 Å². The summed E-state index contributed by atoms with van der Waals surface area (Å²) in [6.07, 6.45) is 1.51. The van der Waals surface area contributed by atoms with E-state index in [0.717, 1.165) is 0 Å². The van der Waals surface area contributed by atoms with Crippen molar-refractivity contribution in [3.8, 4) is 0 Å². The third-order valence-corrected chi connectivity index (χ3v) is 2.10. The Morgan fingerprint density at radius 3 is 3.00 bits per heavy atom. The minimum absolute atomic E-state index is 0.0508. The SMILES string of the molecule is Nc1nc2nc3nc[nH]c3cc2c(=O)[nH]1. The molecule has 0 radical (unpaired) electrons. The van der Waals surface area contributed by atoms with Gasteiger partial charge in [0.1, 0.15) is 0 Å². The molecule has 0 bridgehead atoms. The van der Waals surface area contributed by atoms with Crippen molar-refractivity contribution in [2.75, 3.05) is 5.73 Å². The zero-order valence-electron chi connectivity index (χ0n) is 7.48. The average molecular weight is 202 g/mol. The summed E-state index contributed by atoms with van der Waals surface area (Å²) in [5, 5.41) is 0.390. The molecule has 0 saturated carbocycles. The highest BCUT2D eigenvalue weighted by molar-refractivity contribution is 5.86. The fraction of sp³-hybridized carbons (Fsp3) is 0. The standard InChI is InChI=1S/C8H6N6O/c9-8-13-5-3(7(15)14-8)1-4-6(12-5)11-2-10-4/h1-2H,(H4,9,10,11,12,13,14,15). The van der Waals surface area contributed by atoms with Crippen molar-refractivity contribution >= 4 is 28.1 Å². The second kappa shape index (κ2) is 2.53. The van der Waals surface area contributed by atoms with Crippen molar-refractivity contribution in [3.63, 3.8) is 0 Å². The maximum Gasteiger partial charge on any atom is 0.261 e. The number of pyridine rings is 1. The molecule has 0 fully saturated rings. The van der Waals surface area contributed by atoms with E-state index in [-0.39, 0.29) is 11.5 Å². The van der Waals surface area contributed by atoms with Crippen LogP contribution in [0.2, 0.25) is 0 Å². The van der Waals surface area contributed by atoms with E-state index < -0.39 is 0 Å². The first-order chi connectivity index (χ1) is 7.24. The van der Waals surface area contributed by atoms with E-state index in [1.54, 1.807) is 6.07 Å². The van der Waals surface area contributed by atoms with Crippen LogP contribution >= 0.6 is 0 Å². The highest BCUT2D eigenvalue weighted by Gasteiger charge is 2.06. The molecule has 0 aromatic carbocycles. The highest BCUT2D eigenvalue weighted by atomic mass is 16.1. The predicted molar refractivity (Wildman–Crippen MR) is 54.2 cm³/mol. The molecule has 74 valence electrons. The van der Waals surface area contributed by atoms with E-state index in [1.165, 1.54) is 6.33 Å². The lowest BCUT2D eigenvalue weighted by atomic mass is 10.3. The van der Waals surface area contributed by atoms with E-state index in [2.05, 4.69) is 24.9 Å². The largest absolute Gasteiger partial charge is 0.369 e. The first-order valence-corrected chi connectivity index (χ1v) is 4.24. The lowest BCUT2D eigenvalue weighted by Crippen LogP contribution is -2.11. The van der Waals surface area contributed by atoms with Crippen LogP contribution in [0.3, 0.4) is 0 Å². The van der Waals surface area contributed by atoms with E-state index in [1.807, 2.05) is 0 Å². The Morgan fingerprint density at radius 2 is 2.13 bits per heavy atom. The summed E-state index contributed by atoms with van der Waals surface area (Å²) in [7, 11) is 0. The number of anilines is 1. The zero-order chi connectivity index (χ0) is 10.4. The molecule has 0 aliphatic rings. The number of hydrogen-bond donors (Lipinski definition) is 3. The Labute approximate surface area is 82.4 Å². The third kappa shape index (κ3) is 1.06. The van der Waals surface area contributed by atoms with E-state index in [4.69, 9.17) is 5.73 Å². The molecule has 0 spiro atoms. The van der Waals surface area contributed by atoms with Gasteiger partial charge in [-0.1, -0.05) is 0 Å². The summed E-state index contributed by atoms with van der Waals surface area (Å²) >= 11 is 0. The first kappa shape index (κ1) is 7.92. The van der Waals surface area contributed by atoms with Gasteiger partial charge in [-0.15, -0.1) is 0 Å². The first-order valence-electron chi connectivity index (χ1n) is 4.24. The van der Waals surface area contributed by atoms with Crippen LogP contribution < -0.4 is 11.3 Å². The van der Waals surface area contributed by atoms with Crippen LogP contribution in [-0.4, -0.2) is 24.9 Å². The van der Waals surface area contributed by atoms with E-state index in [9.17, 15) is 4.79 Å². The number of nitrogen functional groups attached to an aromatic ring is 1. The van der Waals surface area contributed by atoms with Crippen LogP contribution in [0.25, 0.3) is 22.2 Å². The van der Waals surface area contributed by atoms with E-state index in [0.29, 0.717) is 22.2 Å². The quantitative estimate of drug-likeness (QED) is 0.466. The Bertz CT molecular complexity index is 712. The summed E-state index contributed by atoms with van der Waals surface area (Å²) in [6, 6.07) is 1.65. The second-order valence-electron chi connectivity index (χ2n) is 3.08. The Kier molecular flexibility index (Phi) is 1.34. The zero-order valence-corrected chi connectivity index (χ0v) is 7.48. The molecule has 15 heavy (non-hydrogen) atoms. The minimum atomic E-state index is -0.304. The van der Waals surface area contributed by atoms with Crippen LogP contribution in [0, 0.1) is 0 Å². The Balaban J connectivity index is 2.59. The van der Waals surface area contributed by atoms with Crippen molar-refractivity contribution in [2.24, 2.45) is 0 Å². The second-order valence-corrected chi connectivity index (χ2v) is 3.08. The molecule has 0 unspecified atom stereocenters. The Hall–Kier alpha value is -2.44. The number of nitrogens with zero attached hydrogens (tertiary/aromatic N) is 3. The van der Waals surface area contributed by atoms with Gasteiger partial charge in [0.25, 0.3) is 5.56 Å². The molecular weight excluding hydrogens is 196 g/mol. The summed E-state index contributed by atoms with van der Waals surface area (Å²) in [5.74, 6) is 0.0508. The molecule has 0 atom stereocenters. The number of aromatic nitrogens is 5. The molecule has 7 nitrogen and oxygen atoms in total. The van der Waals surface area contributed by atoms with Crippen LogP contribution in [0.5, 0.6) is 0 Å². The fourth-order valence-electron chi connectivity index (χ4n) is 1.44. The third-order valence-electron chi connectivity index (χ3n) is 2.10. The van der Waals surface area contributed by atoms with Gasteiger partial charge in [-0.3, -0.25) is 9.78 Å². The predicted octanol–water partition coefficient (Wildman–Crippen LogP) is -0.223. The van der Waals surface area contributed by atoms with Crippen molar-refractivity contribution in [1.29, 1.82) is 0 Å². The maximum atomic E-state index is 11.5. The molecule has 0 aliphatic carbocycles. The van der Waals surface area contributed by atoms with E-state index >= 15 is 0 Å². The van der Waals surface area contributed by atoms with Gasteiger partial charge in [0.2, 0.25) is 5.95 Å². The van der Waals surface area contributed by atoms with Gasteiger partial charge < -0.3 is 10.7 Å². The monoisotopic (exact) mass is 202 g/mol. The van der Waals surface area contributed by atoms with Gasteiger partial charge in [0.15, 0.2) is 11.3 Å². The molecule has 7 heteroatoms. The van der Waals surface area contributed by atoms with Gasteiger partial charge in [-0.2, -0.15) is 4.98 Å². The normalized spacial score (nSPS) is 11.2. The molecule has 0 saturated heterocycles. The summed E-state index contributed by atoms with van der Waals surface area (Å²) in [5.41, 5.74) is 6.61. The van der Waals surface area contributed by atoms with Gasteiger partial charge in [-0.25, -0.2) is 9.97 Å². The average Bonchev–Trinajstić information content (AvgIpc) is 2.61. The number of nitrogens with two attached hydrogens (primary N) is 1. The van der Waals surface area contributed by atoms with Gasteiger partial charge in [0, 0.05) is 0 Å². The molecule has 0 aliphatic heterocycles. The molecule has 3 heterocycles. The Morgan fingerprint density at radius 1 is 1.27 bits per heavy atom. The van der Waals surface area contributed by atoms with Crippen molar-refractivity contribution in [1.82, 2.24) is 24.9 Å². The van der Waals surface area contributed by atoms with Gasteiger partial charge >= 0.3 is 0 Å². The summed E-state index contributed by atoms with van der Waals surface area (Å²) in [6.45, 7) is 0. The molecule has 4 N–H and O–H groups in total. The minimum Gasteiger partial charge on any atom is -0.369 e. The van der Waals surface area contributed by atoms with Crippen LogP contribution in [0.4, 0.5) is 5.95 Å². The number of aromatic amines is 2. The lowest BCUT2D eigenvalue weighted by molar-refractivity contribution is 1.16. The summed E-state index contributed by atoms with van der Waals surface area (Å²) in [4.78, 5) is 28.8. The van der Waals surface area contributed by atoms with Crippen LogP contribution in [-0.2, 0) is 0 Å². The van der Waals surface area contributed by atoms with Crippen LogP contribution in [0.15, 0.2) is 17.2 Å². The van der Waals surface area contributed by atoms with Crippen LogP contribution in [0.1, 0.15) is 0 Å². The number of H-pyrrole nitrogens is 2. The summed E-state index contributed by atoms with van der Waals surface area (Å²) < 4.78 is 0. The number of fused-ring (bicyclic) bond motifs is 2. The molecule has 3 aromatic rings. The highest BCUT2D eigenvalue weighted by Crippen LogP contribution is 2.11. The lowest BCUT2D eigenvalue weighted by Gasteiger charge is -1.96. The number of rotatable bonds is 0.